The Hall–Kier alpha value is -0.910. The lowest BCUT2D eigenvalue weighted by Crippen LogP contribution is -2.18. The molecule has 1 heterocycles. The fourth-order valence-electron chi connectivity index (χ4n) is 1.86. The van der Waals surface area contributed by atoms with Crippen LogP contribution in [0, 0.1) is 5.82 Å². The van der Waals surface area contributed by atoms with Crippen LogP contribution in [-0.4, -0.2) is 12.2 Å². The fraction of sp³-hybridized carbons (Fsp3) is 0.231. The topological polar surface area (TPSA) is 23.5 Å². The first kappa shape index (κ1) is 13.5. The van der Waals surface area contributed by atoms with Gasteiger partial charge in [0.05, 0.1) is 18.8 Å². The van der Waals surface area contributed by atoms with Crippen LogP contribution in [0.15, 0.2) is 34.1 Å². The van der Waals surface area contributed by atoms with Gasteiger partial charge in [-0.05, 0) is 28.1 Å². The Kier molecular flexibility index (Phi) is 4.37. The predicted octanol–water partition coefficient (Wildman–Crippen LogP) is 3.78. The number of aliphatic hydroxyl groups is 1. The minimum Gasteiger partial charge on any atom is -0.392 e. The lowest BCUT2D eigenvalue weighted by Gasteiger charge is -2.21. The molecule has 0 bridgehead atoms. The molecule has 0 saturated heterocycles. The molecule has 1 aromatic heterocycles. The van der Waals surface area contributed by atoms with E-state index in [2.05, 4.69) is 15.9 Å². The molecule has 2 nitrogen and oxygen atoms in total. The highest BCUT2D eigenvalue weighted by Crippen LogP contribution is 2.27. The van der Waals surface area contributed by atoms with Crippen molar-refractivity contribution in [2.24, 2.45) is 0 Å². The molecule has 18 heavy (non-hydrogen) atoms. The number of rotatable bonds is 4. The number of para-hydroxylation sites is 1. The van der Waals surface area contributed by atoms with Crippen molar-refractivity contribution in [3.63, 3.8) is 0 Å². The highest BCUT2D eigenvalue weighted by molar-refractivity contribution is 9.10. The van der Waals surface area contributed by atoms with E-state index >= 15 is 0 Å². The standard InChI is InChI=1S/C13H13BrFNOS/c1-16(6-11-5-10(14)8-18-11)13-9(7-17)3-2-4-12(13)15/h2-5,8,17H,6-7H2,1H3. The molecule has 0 aliphatic rings. The number of halogens is 2. The van der Waals surface area contributed by atoms with Gasteiger partial charge in [-0.25, -0.2) is 4.39 Å². The van der Waals surface area contributed by atoms with Gasteiger partial charge < -0.3 is 10.0 Å². The smallest absolute Gasteiger partial charge is 0.146 e. The monoisotopic (exact) mass is 329 g/mol. The first-order chi connectivity index (χ1) is 8.61. The highest BCUT2D eigenvalue weighted by atomic mass is 79.9. The zero-order chi connectivity index (χ0) is 13.1. The molecule has 2 rings (SSSR count). The molecule has 0 amide bonds. The second kappa shape index (κ2) is 5.82. The summed E-state index contributed by atoms with van der Waals surface area (Å²) in [7, 11) is 1.82. The second-order valence-electron chi connectivity index (χ2n) is 3.99. The Morgan fingerprint density at radius 2 is 2.22 bits per heavy atom. The van der Waals surface area contributed by atoms with E-state index in [-0.39, 0.29) is 12.4 Å². The SMILES string of the molecule is CN(Cc1cc(Br)cs1)c1c(F)cccc1CO. The third kappa shape index (κ3) is 2.91. The van der Waals surface area contributed by atoms with Crippen molar-refractivity contribution in [1.82, 2.24) is 0 Å². The van der Waals surface area contributed by atoms with Gasteiger partial charge in [0.15, 0.2) is 0 Å². The van der Waals surface area contributed by atoms with E-state index in [4.69, 9.17) is 0 Å². The number of aliphatic hydroxyl groups excluding tert-OH is 1. The minimum atomic E-state index is -0.306. The Morgan fingerprint density at radius 1 is 1.44 bits per heavy atom. The Morgan fingerprint density at radius 3 is 2.83 bits per heavy atom. The van der Waals surface area contributed by atoms with Crippen molar-refractivity contribution in [2.45, 2.75) is 13.2 Å². The molecule has 1 N–H and O–H groups in total. The van der Waals surface area contributed by atoms with Crippen LogP contribution in [0.3, 0.4) is 0 Å². The van der Waals surface area contributed by atoms with Gasteiger partial charge >= 0.3 is 0 Å². The van der Waals surface area contributed by atoms with Crippen LogP contribution in [0.5, 0.6) is 0 Å². The average molecular weight is 330 g/mol. The zero-order valence-electron chi connectivity index (χ0n) is 9.86. The molecule has 0 aliphatic carbocycles. The fourth-order valence-corrected chi connectivity index (χ4v) is 3.37. The van der Waals surface area contributed by atoms with Crippen LogP contribution >= 0.6 is 27.3 Å². The van der Waals surface area contributed by atoms with E-state index in [0.717, 1.165) is 9.35 Å². The van der Waals surface area contributed by atoms with Gasteiger partial charge in [-0.15, -0.1) is 11.3 Å². The van der Waals surface area contributed by atoms with Gasteiger partial charge in [-0.3, -0.25) is 0 Å². The van der Waals surface area contributed by atoms with Crippen molar-refractivity contribution >= 4 is 33.0 Å². The highest BCUT2D eigenvalue weighted by Gasteiger charge is 2.13. The van der Waals surface area contributed by atoms with E-state index in [1.165, 1.54) is 6.07 Å². The van der Waals surface area contributed by atoms with Gasteiger partial charge in [-0.2, -0.15) is 0 Å². The molecule has 5 heteroatoms. The lowest BCUT2D eigenvalue weighted by molar-refractivity contribution is 0.281. The Balaban J connectivity index is 2.25. The summed E-state index contributed by atoms with van der Waals surface area (Å²) in [5.74, 6) is -0.306. The molecular formula is C13H13BrFNOS. The van der Waals surface area contributed by atoms with Crippen LogP contribution in [0.25, 0.3) is 0 Å². The molecule has 96 valence electrons. The summed E-state index contributed by atoms with van der Waals surface area (Å²) in [6.45, 7) is 0.454. The van der Waals surface area contributed by atoms with E-state index in [1.54, 1.807) is 23.5 Å². The van der Waals surface area contributed by atoms with Gasteiger partial charge in [0.2, 0.25) is 0 Å². The normalized spacial score (nSPS) is 10.7. The Labute approximate surface area is 118 Å². The lowest BCUT2D eigenvalue weighted by atomic mass is 10.1. The average Bonchev–Trinajstić information content (AvgIpc) is 2.74. The predicted molar refractivity (Wildman–Crippen MR) is 76.4 cm³/mol. The molecule has 0 fully saturated rings. The molecule has 0 spiro atoms. The minimum absolute atomic E-state index is 0.161. The summed E-state index contributed by atoms with van der Waals surface area (Å²) in [4.78, 5) is 2.95. The van der Waals surface area contributed by atoms with Crippen LogP contribution in [0.1, 0.15) is 10.4 Å². The molecule has 0 unspecified atom stereocenters. The number of thiophene rings is 1. The molecule has 0 aliphatic heterocycles. The quantitative estimate of drug-likeness (QED) is 0.922. The maximum atomic E-state index is 13.8. The number of benzene rings is 1. The first-order valence-corrected chi connectivity index (χ1v) is 7.11. The molecule has 0 atom stereocenters. The summed E-state index contributed by atoms with van der Waals surface area (Å²) in [6.07, 6.45) is 0. The van der Waals surface area contributed by atoms with Gasteiger partial charge in [0.1, 0.15) is 5.82 Å². The third-order valence-corrected chi connectivity index (χ3v) is 4.32. The first-order valence-electron chi connectivity index (χ1n) is 5.44. The van der Waals surface area contributed by atoms with Crippen LogP contribution in [0.2, 0.25) is 0 Å². The van der Waals surface area contributed by atoms with Crippen molar-refractivity contribution in [3.05, 3.63) is 50.4 Å². The van der Waals surface area contributed by atoms with E-state index in [9.17, 15) is 9.50 Å². The Bertz CT molecular complexity index is 544. The second-order valence-corrected chi connectivity index (χ2v) is 5.90. The zero-order valence-corrected chi connectivity index (χ0v) is 12.3. The van der Waals surface area contributed by atoms with E-state index in [1.807, 2.05) is 23.4 Å². The van der Waals surface area contributed by atoms with Crippen molar-refractivity contribution < 1.29 is 9.50 Å². The summed E-state index contributed by atoms with van der Waals surface area (Å²) < 4.78 is 14.9. The molecular weight excluding hydrogens is 317 g/mol. The van der Waals surface area contributed by atoms with Gasteiger partial charge in [0.25, 0.3) is 0 Å². The van der Waals surface area contributed by atoms with Crippen molar-refractivity contribution in [2.75, 3.05) is 11.9 Å². The number of hydrogen-bond acceptors (Lipinski definition) is 3. The number of nitrogens with zero attached hydrogens (tertiary/aromatic N) is 1. The third-order valence-electron chi connectivity index (χ3n) is 2.64. The number of hydrogen-bond donors (Lipinski definition) is 1. The van der Waals surface area contributed by atoms with Crippen molar-refractivity contribution in [1.29, 1.82) is 0 Å². The molecule has 1 aromatic carbocycles. The number of anilines is 1. The summed E-state index contributed by atoms with van der Waals surface area (Å²) in [5.41, 5.74) is 1.07. The maximum Gasteiger partial charge on any atom is 0.146 e. The van der Waals surface area contributed by atoms with Crippen molar-refractivity contribution in [3.8, 4) is 0 Å². The summed E-state index contributed by atoms with van der Waals surface area (Å²) in [6, 6.07) is 6.77. The molecule has 0 radical (unpaired) electrons. The van der Waals surface area contributed by atoms with Crippen LogP contribution in [-0.2, 0) is 13.2 Å². The molecule has 2 aromatic rings. The summed E-state index contributed by atoms with van der Waals surface area (Å²) in [5, 5.41) is 11.3. The largest absolute Gasteiger partial charge is 0.392 e. The molecule has 0 saturated carbocycles. The summed E-state index contributed by atoms with van der Waals surface area (Å²) >= 11 is 5.02. The van der Waals surface area contributed by atoms with E-state index < -0.39 is 0 Å². The van der Waals surface area contributed by atoms with Crippen LogP contribution in [0.4, 0.5) is 10.1 Å². The van der Waals surface area contributed by atoms with Gasteiger partial charge in [0, 0.05) is 27.3 Å². The maximum absolute atomic E-state index is 13.8. The van der Waals surface area contributed by atoms with Gasteiger partial charge in [-0.1, -0.05) is 12.1 Å². The van der Waals surface area contributed by atoms with Crippen LogP contribution < -0.4 is 4.90 Å². The van der Waals surface area contributed by atoms with E-state index in [0.29, 0.717) is 17.8 Å².